The van der Waals surface area contributed by atoms with Crippen molar-refractivity contribution in [2.45, 2.75) is 13.5 Å². The van der Waals surface area contributed by atoms with Gasteiger partial charge in [0.05, 0.1) is 23.3 Å². The first-order valence-electron chi connectivity index (χ1n) is 10.7. The Kier molecular flexibility index (Phi) is 7.36. The van der Waals surface area contributed by atoms with E-state index in [4.69, 9.17) is 22.1 Å². The molecule has 4 aromatic rings. The number of carbonyl (C=O) groups is 1. The van der Waals surface area contributed by atoms with Gasteiger partial charge in [0.25, 0.3) is 5.91 Å². The molecule has 2 aromatic carbocycles. The second-order valence-corrected chi connectivity index (χ2v) is 9.98. The topological polar surface area (TPSA) is 165 Å². The molecule has 0 saturated carbocycles. The van der Waals surface area contributed by atoms with Crippen molar-refractivity contribution in [2.75, 3.05) is 15.8 Å². The number of H-pyrrole nitrogens is 1. The van der Waals surface area contributed by atoms with Gasteiger partial charge in [-0.25, -0.2) is 13.4 Å². The summed E-state index contributed by atoms with van der Waals surface area (Å²) in [5, 5.41) is 10.5. The predicted octanol–water partition coefficient (Wildman–Crippen LogP) is 3.70. The first kappa shape index (κ1) is 24.9. The lowest BCUT2D eigenvalue weighted by Gasteiger charge is -2.15. The number of carbonyl (C=O) groups excluding carboxylic acids is 1. The molecule has 0 radical (unpaired) electrons. The van der Waals surface area contributed by atoms with Gasteiger partial charge in [-0.2, -0.15) is 5.10 Å². The van der Waals surface area contributed by atoms with E-state index < -0.39 is 15.9 Å². The summed E-state index contributed by atoms with van der Waals surface area (Å²) < 4.78 is 32.9. The van der Waals surface area contributed by atoms with Crippen molar-refractivity contribution in [2.24, 2.45) is 5.73 Å². The number of benzene rings is 2. The molecule has 11 nitrogen and oxygen atoms in total. The van der Waals surface area contributed by atoms with Gasteiger partial charge < -0.3 is 15.8 Å². The number of hydrogen-bond acceptors (Lipinski definition) is 8. The maximum absolute atomic E-state index is 12.3. The molecule has 0 bridgehead atoms. The molecule has 0 unspecified atom stereocenters. The molecule has 0 aliphatic rings. The van der Waals surface area contributed by atoms with Crippen molar-refractivity contribution in [3.63, 3.8) is 0 Å². The Labute approximate surface area is 212 Å². The molecular weight excluding hydrogens is 506 g/mol. The van der Waals surface area contributed by atoms with Crippen LogP contribution in [-0.4, -0.2) is 40.2 Å². The van der Waals surface area contributed by atoms with Crippen LogP contribution in [-0.2, 0) is 16.6 Å². The Balaban J connectivity index is 1.71. The minimum atomic E-state index is -3.58. The maximum Gasteiger partial charge on any atom is 0.254 e. The number of ether oxygens (including phenoxy) is 1. The number of aromatic amines is 1. The van der Waals surface area contributed by atoms with Crippen molar-refractivity contribution in [1.82, 2.24) is 20.2 Å². The predicted molar refractivity (Wildman–Crippen MR) is 137 cm³/mol. The van der Waals surface area contributed by atoms with E-state index >= 15 is 0 Å². The number of primary amides is 1. The van der Waals surface area contributed by atoms with E-state index in [1.807, 2.05) is 0 Å². The molecule has 4 rings (SSSR count). The largest absolute Gasteiger partial charge is 0.487 e. The van der Waals surface area contributed by atoms with E-state index in [-0.39, 0.29) is 35.2 Å². The van der Waals surface area contributed by atoms with Crippen molar-refractivity contribution in [3.05, 3.63) is 77.2 Å². The van der Waals surface area contributed by atoms with Gasteiger partial charge >= 0.3 is 0 Å². The second kappa shape index (κ2) is 10.6. The van der Waals surface area contributed by atoms with Crippen LogP contribution in [0.15, 0.2) is 61.1 Å². The number of anilines is 3. The molecule has 1 amide bonds. The van der Waals surface area contributed by atoms with Gasteiger partial charge in [-0.1, -0.05) is 29.8 Å². The summed E-state index contributed by atoms with van der Waals surface area (Å²) in [6, 6.07) is 11.8. The van der Waals surface area contributed by atoms with Crippen LogP contribution in [0.5, 0.6) is 5.75 Å². The first-order valence-corrected chi connectivity index (χ1v) is 12.7. The number of nitrogens with one attached hydrogen (secondary N) is 3. The molecule has 0 aliphatic heterocycles. The van der Waals surface area contributed by atoms with E-state index in [0.717, 1.165) is 5.56 Å². The molecular formula is C23H22ClN7O4S. The fraction of sp³-hybridized carbons (Fsp3) is 0.130. The highest BCUT2D eigenvalue weighted by Crippen LogP contribution is 2.35. The van der Waals surface area contributed by atoms with Crippen LogP contribution in [0, 0.1) is 0 Å². The monoisotopic (exact) mass is 527 g/mol. The number of sulfonamides is 1. The molecule has 5 N–H and O–H groups in total. The molecule has 186 valence electrons. The minimum Gasteiger partial charge on any atom is -0.487 e. The van der Waals surface area contributed by atoms with Crippen LogP contribution in [0.4, 0.5) is 17.3 Å². The Morgan fingerprint density at radius 2 is 1.94 bits per heavy atom. The zero-order valence-electron chi connectivity index (χ0n) is 19.0. The average molecular weight is 528 g/mol. The number of hydrogen-bond donors (Lipinski definition) is 4. The van der Waals surface area contributed by atoms with E-state index in [1.165, 1.54) is 25.5 Å². The quantitative estimate of drug-likeness (QED) is 0.242. The fourth-order valence-electron chi connectivity index (χ4n) is 3.23. The van der Waals surface area contributed by atoms with Gasteiger partial charge in [0.15, 0.2) is 5.82 Å². The van der Waals surface area contributed by atoms with Gasteiger partial charge in [0, 0.05) is 23.0 Å². The SMILES string of the molecule is CCS(=O)(=O)Nc1ccc(-c2[nH]nc(Nc3cnccn3)c2C(N)=O)cc1OCc1ccc(Cl)cc1. The lowest BCUT2D eigenvalue weighted by Crippen LogP contribution is -2.15. The van der Waals surface area contributed by atoms with E-state index in [1.54, 1.807) is 42.5 Å². The van der Waals surface area contributed by atoms with Crippen molar-refractivity contribution >= 4 is 44.9 Å². The number of nitrogens with two attached hydrogens (primary N) is 1. The van der Waals surface area contributed by atoms with Crippen molar-refractivity contribution < 1.29 is 17.9 Å². The summed E-state index contributed by atoms with van der Waals surface area (Å²) in [5.41, 5.74) is 7.62. The highest BCUT2D eigenvalue weighted by molar-refractivity contribution is 7.92. The summed E-state index contributed by atoms with van der Waals surface area (Å²) in [6.07, 6.45) is 4.47. The summed E-state index contributed by atoms with van der Waals surface area (Å²) in [5.74, 6) is -0.0703. The molecule has 13 heteroatoms. The summed E-state index contributed by atoms with van der Waals surface area (Å²) in [6.45, 7) is 1.67. The number of amides is 1. The van der Waals surface area contributed by atoms with Crippen LogP contribution in [0.1, 0.15) is 22.8 Å². The number of nitrogens with zero attached hydrogens (tertiary/aromatic N) is 3. The van der Waals surface area contributed by atoms with Gasteiger partial charge in [-0.3, -0.25) is 19.6 Å². The molecule has 0 atom stereocenters. The van der Waals surface area contributed by atoms with Crippen LogP contribution in [0.2, 0.25) is 5.02 Å². The number of halogens is 1. The van der Waals surface area contributed by atoms with Crippen LogP contribution >= 0.6 is 11.6 Å². The lowest BCUT2D eigenvalue weighted by atomic mass is 10.1. The first-order chi connectivity index (χ1) is 17.3. The highest BCUT2D eigenvalue weighted by atomic mass is 35.5. The van der Waals surface area contributed by atoms with Crippen molar-refractivity contribution in [1.29, 1.82) is 0 Å². The minimum absolute atomic E-state index is 0.0891. The van der Waals surface area contributed by atoms with Gasteiger partial charge in [0.2, 0.25) is 10.0 Å². The molecule has 2 heterocycles. The van der Waals surface area contributed by atoms with Crippen LogP contribution in [0.25, 0.3) is 11.3 Å². The van der Waals surface area contributed by atoms with Gasteiger partial charge in [-0.15, -0.1) is 0 Å². The lowest BCUT2D eigenvalue weighted by molar-refractivity contribution is 0.100. The Bertz CT molecular complexity index is 1480. The molecule has 0 saturated heterocycles. The molecule has 0 fully saturated rings. The highest BCUT2D eigenvalue weighted by Gasteiger charge is 2.22. The smallest absolute Gasteiger partial charge is 0.254 e. The Morgan fingerprint density at radius 3 is 2.61 bits per heavy atom. The average Bonchev–Trinajstić information content (AvgIpc) is 3.28. The summed E-state index contributed by atoms with van der Waals surface area (Å²) >= 11 is 5.95. The van der Waals surface area contributed by atoms with Crippen LogP contribution in [0.3, 0.4) is 0 Å². The number of aromatic nitrogens is 4. The zero-order valence-corrected chi connectivity index (χ0v) is 20.6. The fourth-order valence-corrected chi connectivity index (χ4v) is 4.00. The molecule has 2 aromatic heterocycles. The Morgan fingerprint density at radius 1 is 1.17 bits per heavy atom. The van der Waals surface area contributed by atoms with Crippen LogP contribution < -0.4 is 20.5 Å². The van der Waals surface area contributed by atoms with Crippen molar-refractivity contribution in [3.8, 4) is 17.0 Å². The zero-order chi connectivity index (χ0) is 25.7. The maximum atomic E-state index is 12.3. The number of rotatable bonds is 10. The van der Waals surface area contributed by atoms with E-state index in [9.17, 15) is 13.2 Å². The third-order valence-corrected chi connectivity index (χ3v) is 6.59. The van der Waals surface area contributed by atoms with Gasteiger partial charge in [0.1, 0.15) is 23.7 Å². The van der Waals surface area contributed by atoms with E-state index in [0.29, 0.717) is 22.1 Å². The summed E-state index contributed by atoms with van der Waals surface area (Å²) in [4.78, 5) is 20.4. The standard InChI is InChI=1S/C23H22ClN7O4S/c1-2-36(33,34)31-17-8-5-15(11-18(17)35-13-14-3-6-16(24)7-4-14)21-20(22(25)32)23(30-29-21)28-19-12-26-9-10-27-19/h3-12,31H,2,13H2,1H3,(H2,25,32)(H2,27,28,29,30). The van der Waals surface area contributed by atoms with Gasteiger partial charge in [-0.05, 0) is 36.8 Å². The normalized spacial score (nSPS) is 11.2. The third-order valence-electron chi connectivity index (χ3n) is 5.05. The molecule has 0 spiro atoms. The molecule has 36 heavy (non-hydrogen) atoms. The van der Waals surface area contributed by atoms with E-state index in [2.05, 4.69) is 30.2 Å². The Hall–Kier alpha value is -4.16. The third kappa shape index (κ3) is 5.90. The molecule has 0 aliphatic carbocycles. The second-order valence-electron chi connectivity index (χ2n) is 7.53. The summed E-state index contributed by atoms with van der Waals surface area (Å²) in [7, 11) is -3.58.